The first kappa shape index (κ1) is 13.2. The van der Waals surface area contributed by atoms with Gasteiger partial charge in [-0.1, -0.05) is 43.7 Å². The molecule has 0 saturated carbocycles. The molecule has 1 N–H and O–H groups in total. The zero-order valence-electron chi connectivity index (χ0n) is 11.2. The third-order valence-electron chi connectivity index (χ3n) is 3.55. The Balaban J connectivity index is 2.71. The van der Waals surface area contributed by atoms with Gasteiger partial charge in [0.05, 0.1) is 0 Å². The van der Waals surface area contributed by atoms with Crippen molar-refractivity contribution in [2.45, 2.75) is 40.2 Å². The highest BCUT2D eigenvalue weighted by molar-refractivity contribution is 5.21. The number of rotatable bonds is 5. The second kappa shape index (κ2) is 6.05. The summed E-state index contributed by atoms with van der Waals surface area (Å²) in [5.41, 5.74) is 2.79. The summed E-state index contributed by atoms with van der Waals surface area (Å²) in [5, 5.41) is 3.38. The number of hydrogen-bond donors (Lipinski definition) is 1. The van der Waals surface area contributed by atoms with E-state index in [0.29, 0.717) is 17.9 Å². The summed E-state index contributed by atoms with van der Waals surface area (Å²) >= 11 is 0. The minimum atomic E-state index is 0.571. The van der Waals surface area contributed by atoms with Gasteiger partial charge in [0.25, 0.3) is 0 Å². The van der Waals surface area contributed by atoms with Crippen LogP contribution in [0.4, 0.5) is 0 Å². The Morgan fingerprint density at radius 1 is 1.06 bits per heavy atom. The van der Waals surface area contributed by atoms with E-state index in [1.807, 2.05) is 0 Å². The van der Waals surface area contributed by atoms with Crippen molar-refractivity contribution in [2.24, 2.45) is 11.8 Å². The summed E-state index contributed by atoms with van der Waals surface area (Å²) in [5.74, 6) is 1.41. The number of hydrogen-bond acceptors (Lipinski definition) is 1. The van der Waals surface area contributed by atoms with Crippen LogP contribution in [0.25, 0.3) is 0 Å². The van der Waals surface area contributed by atoms with Gasteiger partial charge < -0.3 is 5.32 Å². The Morgan fingerprint density at radius 3 is 2.06 bits per heavy atom. The molecular weight excluding hydrogens is 194 g/mol. The van der Waals surface area contributed by atoms with Gasteiger partial charge in [-0.15, -0.1) is 0 Å². The highest BCUT2D eigenvalue weighted by Gasteiger charge is 2.19. The van der Waals surface area contributed by atoms with Crippen LogP contribution in [-0.2, 0) is 6.42 Å². The molecule has 1 aromatic carbocycles. The van der Waals surface area contributed by atoms with Crippen LogP contribution in [0.3, 0.4) is 0 Å². The SMILES string of the molecule is CNC(C)C(Cc1ccc(C)cc1)C(C)C. The number of benzene rings is 1. The lowest BCUT2D eigenvalue weighted by Gasteiger charge is -2.27. The largest absolute Gasteiger partial charge is 0.317 e. The van der Waals surface area contributed by atoms with Crippen molar-refractivity contribution >= 4 is 0 Å². The first-order chi connectivity index (χ1) is 7.54. The zero-order valence-corrected chi connectivity index (χ0v) is 11.2. The number of nitrogens with one attached hydrogen (secondary N) is 1. The predicted octanol–water partition coefficient (Wildman–Crippen LogP) is 3.42. The minimum Gasteiger partial charge on any atom is -0.317 e. The van der Waals surface area contributed by atoms with Gasteiger partial charge in [-0.2, -0.15) is 0 Å². The van der Waals surface area contributed by atoms with E-state index >= 15 is 0 Å². The van der Waals surface area contributed by atoms with E-state index in [4.69, 9.17) is 0 Å². The molecule has 0 fully saturated rings. The maximum atomic E-state index is 3.38. The van der Waals surface area contributed by atoms with E-state index in [9.17, 15) is 0 Å². The fourth-order valence-corrected chi connectivity index (χ4v) is 2.20. The highest BCUT2D eigenvalue weighted by Crippen LogP contribution is 2.21. The van der Waals surface area contributed by atoms with Crippen LogP contribution in [0.1, 0.15) is 31.9 Å². The molecule has 0 spiro atoms. The predicted molar refractivity (Wildman–Crippen MR) is 71.7 cm³/mol. The zero-order chi connectivity index (χ0) is 12.1. The fourth-order valence-electron chi connectivity index (χ4n) is 2.20. The lowest BCUT2D eigenvalue weighted by molar-refractivity contribution is 0.300. The van der Waals surface area contributed by atoms with Gasteiger partial charge in [-0.3, -0.25) is 0 Å². The molecule has 1 nitrogen and oxygen atoms in total. The molecule has 0 aliphatic heterocycles. The topological polar surface area (TPSA) is 12.0 Å². The third-order valence-corrected chi connectivity index (χ3v) is 3.55. The van der Waals surface area contributed by atoms with E-state index < -0.39 is 0 Å². The lowest BCUT2D eigenvalue weighted by atomic mass is 9.84. The van der Waals surface area contributed by atoms with Crippen LogP contribution in [-0.4, -0.2) is 13.1 Å². The van der Waals surface area contributed by atoms with Crippen LogP contribution in [0, 0.1) is 18.8 Å². The van der Waals surface area contributed by atoms with Crippen LogP contribution in [0.5, 0.6) is 0 Å². The molecule has 0 radical (unpaired) electrons. The van der Waals surface area contributed by atoms with Crippen molar-refractivity contribution in [3.63, 3.8) is 0 Å². The molecule has 0 bridgehead atoms. The monoisotopic (exact) mass is 219 g/mol. The van der Waals surface area contributed by atoms with E-state index in [-0.39, 0.29) is 0 Å². The molecule has 1 aromatic rings. The summed E-state index contributed by atoms with van der Waals surface area (Å²) in [4.78, 5) is 0. The number of aryl methyl sites for hydroxylation is 1. The second-order valence-corrected chi connectivity index (χ2v) is 5.17. The van der Waals surface area contributed by atoms with Crippen LogP contribution >= 0.6 is 0 Å². The summed E-state index contributed by atoms with van der Waals surface area (Å²) in [6.07, 6.45) is 1.17. The average Bonchev–Trinajstić information content (AvgIpc) is 2.27. The van der Waals surface area contributed by atoms with Gasteiger partial charge in [-0.25, -0.2) is 0 Å². The lowest BCUT2D eigenvalue weighted by Crippen LogP contribution is -2.35. The first-order valence-corrected chi connectivity index (χ1v) is 6.27. The molecule has 2 atom stereocenters. The van der Waals surface area contributed by atoms with Crippen molar-refractivity contribution < 1.29 is 0 Å². The molecule has 0 aliphatic carbocycles. The minimum absolute atomic E-state index is 0.571. The van der Waals surface area contributed by atoms with Crippen LogP contribution < -0.4 is 5.32 Å². The van der Waals surface area contributed by atoms with Gasteiger partial charge >= 0.3 is 0 Å². The Kier molecular flexibility index (Phi) is 5.01. The van der Waals surface area contributed by atoms with E-state index in [0.717, 1.165) is 0 Å². The Morgan fingerprint density at radius 2 is 1.62 bits per heavy atom. The van der Waals surface area contributed by atoms with Crippen molar-refractivity contribution in [1.29, 1.82) is 0 Å². The summed E-state index contributed by atoms with van der Waals surface area (Å²) < 4.78 is 0. The Bertz CT molecular complexity index is 300. The summed E-state index contributed by atoms with van der Waals surface area (Å²) in [7, 11) is 2.05. The molecule has 0 heterocycles. The molecular formula is C15H25N. The standard InChI is InChI=1S/C15H25N/c1-11(2)15(13(4)16-5)10-14-8-6-12(3)7-9-14/h6-9,11,13,15-16H,10H2,1-5H3. The molecule has 1 heteroatoms. The molecule has 0 aliphatic rings. The van der Waals surface area contributed by atoms with Gasteiger partial charge in [0.15, 0.2) is 0 Å². The quantitative estimate of drug-likeness (QED) is 0.800. The van der Waals surface area contributed by atoms with Gasteiger partial charge in [-0.05, 0) is 44.7 Å². The van der Waals surface area contributed by atoms with E-state index in [1.54, 1.807) is 0 Å². The molecule has 0 amide bonds. The van der Waals surface area contributed by atoms with Crippen molar-refractivity contribution in [3.05, 3.63) is 35.4 Å². The van der Waals surface area contributed by atoms with Crippen LogP contribution in [0.15, 0.2) is 24.3 Å². The van der Waals surface area contributed by atoms with Crippen LogP contribution in [0.2, 0.25) is 0 Å². The highest BCUT2D eigenvalue weighted by atomic mass is 14.9. The van der Waals surface area contributed by atoms with Crippen molar-refractivity contribution in [1.82, 2.24) is 5.32 Å². The molecule has 1 rings (SSSR count). The smallest absolute Gasteiger partial charge is 0.00696 e. The maximum Gasteiger partial charge on any atom is 0.00696 e. The molecule has 0 saturated heterocycles. The second-order valence-electron chi connectivity index (χ2n) is 5.17. The molecule has 16 heavy (non-hydrogen) atoms. The average molecular weight is 219 g/mol. The van der Waals surface area contributed by atoms with E-state index in [2.05, 4.69) is 64.3 Å². The van der Waals surface area contributed by atoms with Gasteiger partial charge in [0, 0.05) is 6.04 Å². The van der Waals surface area contributed by atoms with Gasteiger partial charge in [0.1, 0.15) is 0 Å². The van der Waals surface area contributed by atoms with Crippen molar-refractivity contribution in [2.75, 3.05) is 7.05 Å². The third kappa shape index (κ3) is 3.64. The fraction of sp³-hybridized carbons (Fsp3) is 0.600. The van der Waals surface area contributed by atoms with E-state index in [1.165, 1.54) is 17.5 Å². The Hall–Kier alpha value is -0.820. The first-order valence-electron chi connectivity index (χ1n) is 6.27. The molecule has 2 unspecified atom stereocenters. The summed E-state index contributed by atoms with van der Waals surface area (Å²) in [6.45, 7) is 9.04. The molecule has 90 valence electrons. The van der Waals surface area contributed by atoms with Crippen molar-refractivity contribution in [3.8, 4) is 0 Å². The molecule has 0 aromatic heterocycles. The summed E-state index contributed by atoms with van der Waals surface area (Å²) in [6, 6.07) is 9.49. The maximum absolute atomic E-state index is 3.38. The normalized spacial score (nSPS) is 15.1. The Labute approximate surface area is 100 Å². The van der Waals surface area contributed by atoms with Gasteiger partial charge in [0.2, 0.25) is 0 Å².